The van der Waals surface area contributed by atoms with E-state index in [4.69, 9.17) is 4.74 Å². The fraction of sp³-hybridized carbons (Fsp3) is 0.0500. The molecule has 106 valence electrons. The highest BCUT2D eigenvalue weighted by molar-refractivity contribution is 6.01. The van der Waals surface area contributed by atoms with Gasteiger partial charge < -0.3 is 4.74 Å². The van der Waals surface area contributed by atoms with Crippen molar-refractivity contribution in [3.63, 3.8) is 0 Å². The Morgan fingerprint density at radius 1 is 0.955 bits per heavy atom. The molecule has 3 aromatic carbocycles. The molecule has 3 rings (SSSR count). The number of allylic oxidation sites excluding steroid dienone is 1. The van der Waals surface area contributed by atoms with Crippen molar-refractivity contribution in [1.82, 2.24) is 0 Å². The molecule has 0 aliphatic rings. The maximum Gasteiger partial charge on any atom is 0.118 e. The molecule has 3 aromatic rings. The predicted octanol–water partition coefficient (Wildman–Crippen LogP) is 4.91. The van der Waals surface area contributed by atoms with Crippen LogP contribution in [0.2, 0.25) is 0 Å². The van der Waals surface area contributed by atoms with Gasteiger partial charge in [0.1, 0.15) is 5.75 Å². The van der Waals surface area contributed by atoms with Gasteiger partial charge in [0.25, 0.3) is 0 Å². The predicted molar refractivity (Wildman–Crippen MR) is 90.4 cm³/mol. The molecule has 0 fully saturated rings. The molecule has 0 aliphatic heterocycles. The van der Waals surface area contributed by atoms with E-state index in [9.17, 15) is 5.26 Å². The van der Waals surface area contributed by atoms with Crippen LogP contribution in [0.3, 0.4) is 0 Å². The van der Waals surface area contributed by atoms with Gasteiger partial charge in [0, 0.05) is 5.56 Å². The highest BCUT2D eigenvalue weighted by atomic mass is 16.5. The maximum atomic E-state index is 9.56. The molecule has 0 heterocycles. The molecule has 0 bridgehead atoms. The minimum Gasteiger partial charge on any atom is -0.497 e. The summed E-state index contributed by atoms with van der Waals surface area (Å²) in [5.74, 6) is 0.806. The Balaban J connectivity index is 2.09. The number of rotatable bonds is 3. The van der Waals surface area contributed by atoms with Gasteiger partial charge in [0.15, 0.2) is 0 Å². The lowest BCUT2D eigenvalue weighted by Gasteiger charge is -2.06. The van der Waals surface area contributed by atoms with Crippen LogP contribution in [0.15, 0.2) is 66.7 Å². The number of ether oxygens (including phenoxy) is 1. The second-order valence-corrected chi connectivity index (χ2v) is 4.97. The summed E-state index contributed by atoms with van der Waals surface area (Å²) < 4.78 is 5.16. The summed E-state index contributed by atoms with van der Waals surface area (Å²) in [4.78, 5) is 0. The second kappa shape index (κ2) is 6.15. The fourth-order valence-corrected chi connectivity index (χ4v) is 2.50. The Labute approximate surface area is 129 Å². The van der Waals surface area contributed by atoms with E-state index in [-0.39, 0.29) is 0 Å². The average molecular weight is 285 g/mol. The first kappa shape index (κ1) is 13.9. The molecule has 22 heavy (non-hydrogen) atoms. The smallest absolute Gasteiger partial charge is 0.118 e. The lowest BCUT2D eigenvalue weighted by Crippen LogP contribution is -1.86. The largest absolute Gasteiger partial charge is 0.497 e. The van der Waals surface area contributed by atoms with E-state index in [2.05, 4.69) is 18.2 Å². The third-order valence-corrected chi connectivity index (χ3v) is 3.63. The number of hydrogen-bond acceptors (Lipinski definition) is 2. The number of nitriles is 1. The third-order valence-electron chi connectivity index (χ3n) is 3.63. The van der Waals surface area contributed by atoms with E-state index in [0.29, 0.717) is 5.57 Å². The van der Waals surface area contributed by atoms with Crippen LogP contribution in [0.25, 0.3) is 22.4 Å². The Hall–Kier alpha value is -3.05. The topological polar surface area (TPSA) is 33.0 Å². The van der Waals surface area contributed by atoms with Crippen LogP contribution in [-0.4, -0.2) is 7.11 Å². The monoisotopic (exact) mass is 285 g/mol. The lowest BCUT2D eigenvalue weighted by atomic mass is 9.97. The average Bonchev–Trinajstić information content (AvgIpc) is 2.60. The van der Waals surface area contributed by atoms with E-state index in [1.165, 1.54) is 0 Å². The van der Waals surface area contributed by atoms with Crippen LogP contribution in [-0.2, 0) is 0 Å². The highest BCUT2D eigenvalue weighted by Gasteiger charge is 2.06. The van der Waals surface area contributed by atoms with Crippen molar-refractivity contribution in [3.8, 4) is 11.8 Å². The molecule has 0 aliphatic carbocycles. The van der Waals surface area contributed by atoms with E-state index < -0.39 is 0 Å². The van der Waals surface area contributed by atoms with Crippen molar-refractivity contribution >= 4 is 22.4 Å². The summed E-state index contributed by atoms with van der Waals surface area (Å²) >= 11 is 0. The van der Waals surface area contributed by atoms with Crippen LogP contribution in [0.1, 0.15) is 11.1 Å². The zero-order chi connectivity index (χ0) is 15.4. The Morgan fingerprint density at radius 3 is 2.41 bits per heavy atom. The van der Waals surface area contributed by atoms with Crippen LogP contribution in [0.4, 0.5) is 0 Å². The van der Waals surface area contributed by atoms with Crippen LogP contribution in [0.5, 0.6) is 5.75 Å². The fourth-order valence-electron chi connectivity index (χ4n) is 2.50. The lowest BCUT2D eigenvalue weighted by molar-refractivity contribution is 0.415. The van der Waals surface area contributed by atoms with Gasteiger partial charge in [-0.2, -0.15) is 5.26 Å². The van der Waals surface area contributed by atoms with Crippen molar-refractivity contribution in [2.45, 2.75) is 0 Å². The molecule has 0 radical (unpaired) electrons. The molecule has 2 nitrogen and oxygen atoms in total. The molecule has 0 spiro atoms. The SMILES string of the molecule is COc1ccc(/C=C(/C#N)c2cccc3ccccc23)cc1. The molecule has 2 heteroatoms. The number of fused-ring (bicyclic) bond motifs is 1. The standard InChI is InChI=1S/C20H15NO/c1-22-18-11-9-15(10-12-18)13-17(14-21)20-8-4-6-16-5-2-3-7-19(16)20/h2-13H,1H3/b17-13-. The summed E-state index contributed by atoms with van der Waals surface area (Å²) in [7, 11) is 1.64. The van der Waals surface area contributed by atoms with Gasteiger partial charge >= 0.3 is 0 Å². The van der Waals surface area contributed by atoms with Crippen molar-refractivity contribution in [2.75, 3.05) is 7.11 Å². The number of methoxy groups -OCH3 is 1. The zero-order valence-corrected chi connectivity index (χ0v) is 12.3. The molecule has 0 saturated heterocycles. The second-order valence-electron chi connectivity index (χ2n) is 4.97. The quantitative estimate of drug-likeness (QED) is 0.506. The first-order valence-electron chi connectivity index (χ1n) is 7.06. The molecule has 0 N–H and O–H groups in total. The number of nitrogens with zero attached hydrogens (tertiary/aromatic N) is 1. The molecular formula is C20H15NO. The third kappa shape index (κ3) is 2.70. The van der Waals surface area contributed by atoms with Gasteiger partial charge in [-0.25, -0.2) is 0 Å². The van der Waals surface area contributed by atoms with Crippen LogP contribution < -0.4 is 4.74 Å². The molecular weight excluding hydrogens is 270 g/mol. The van der Waals surface area contributed by atoms with Gasteiger partial charge in [-0.05, 0) is 34.5 Å². The van der Waals surface area contributed by atoms with Gasteiger partial charge in [-0.3, -0.25) is 0 Å². The maximum absolute atomic E-state index is 9.56. The summed E-state index contributed by atoms with van der Waals surface area (Å²) in [5, 5.41) is 11.8. The molecule has 0 saturated carbocycles. The van der Waals surface area contributed by atoms with E-state index in [1.54, 1.807) is 7.11 Å². The summed E-state index contributed by atoms with van der Waals surface area (Å²) in [6, 6.07) is 24.1. The van der Waals surface area contributed by atoms with Crippen molar-refractivity contribution in [3.05, 3.63) is 77.9 Å². The van der Waals surface area contributed by atoms with Crippen molar-refractivity contribution in [2.24, 2.45) is 0 Å². The van der Waals surface area contributed by atoms with Gasteiger partial charge in [0.05, 0.1) is 18.8 Å². The minimum atomic E-state index is 0.655. The molecule has 0 amide bonds. The summed E-state index contributed by atoms with van der Waals surface area (Å²) in [6.07, 6.45) is 1.90. The first-order chi connectivity index (χ1) is 10.8. The summed E-state index contributed by atoms with van der Waals surface area (Å²) in [5.41, 5.74) is 2.59. The normalized spacial score (nSPS) is 11.2. The Morgan fingerprint density at radius 2 is 1.68 bits per heavy atom. The molecule has 0 atom stereocenters. The van der Waals surface area contributed by atoms with Crippen molar-refractivity contribution in [1.29, 1.82) is 5.26 Å². The molecule has 0 aromatic heterocycles. The van der Waals surface area contributed by atoms with Gasteiger partial charge in [-0.1, -0.05) is 54.6 Å². The number of benzene rings is 3. The molecule has 0 unspecified atom stereocenters. The Kier molecular flexibility index (Phi) is 3.89. The van der Waals surface area contributed by atoms with E-state index >= 15 is 0 Å². The van der Waals surface area contributed by atoms with Crippen LogP contribution >= 0.6 is 0 Å². The zero-order valence-electron chi connectivity index (χ0n) is 12.3. The van der Waals surface area contributed by atoms with Gasteiger partial charge in [0.2, 0.25) is 0 Å². The first-order valence-corrected chi connectivity index (χ1v) is 7.06. The van der Waals surface area contributed by atoms with Crippen LogP contribution in [0, 0.1) is 11.3 Å². The van der Waals surface area contributed by atoms with Crippen molar-refractivity contribution < 1.29 is 4.74 Å². The van der Waals surface area contributed by atoms with Gasteiger partial charge in [-0.15, -0.1) is 0 Å². The number of hydrogen-bond donors (Lipinski definition) is 0. The highest BCUT2D eigenvalue weighted by Crippen LogP contribution is 2.26. The summed E-state index contributed by atoms with van der Waals surface area (Å²) in [6.45, 7) is 0. The van der Waals surface area contributed by atoms with E-state index in [1.807, 2.05) is 60.7 Å². The van der Waals surface area contributed by atoms with E-state index in [0.717, 1.165) is 27.6 Å². The minimum absolute atomic E-state index is 0.655. The Bertz CT molecular complexity index is 865.